The van der Waals surface area contributed by atoms with E-state index in [-0.39, 0.29) is 11.9 Å². The Morgan fingerprint density at radius 3 is 2.60 bits per heavy atom. The lowest BCUT2D eigenvalue weighted by atomic mass is 10.0. The summed E-state index contributed by atoms with van der Waals surface area (Å²) in [6, 6.07) is 14.3. The third kappa shape index (κ3) is 3.96. The fourth-order valence-electron chi connectivity index (χ4n) is 4.17. The molecule has 0 aliphatic carbocycles. The Morgan fingerprint density at radius 1 is 1.13 bits per heavy atom. The van der Waals surface area contributed by atoms with Gasteiger partial charge in [-0.1, -0.05) is 35.5 Å². The number of aromatic nitrogens is 2. The number of piperazine rings is 1. The second-order valence-electron chi connectivity index (χ2n) is 8.01. The number of carbonyl (C=O) groups is 1. The first kappa shape index (κ1) is 20.2. The summed E-state index contributed by atoms with van der Waals surface area (Å²) < 4.78 is 7.27. The molecule has 2 aromatic heterocycles. The van der Waals surface area contributed by atoms with Crippen LogP contribution in [-0.2, 0) is 4.79 Å². The van der Waals surface area contributed by atoms with Crippen molar-refractivity contribution in [2.75, 3.05) is 26.7 Å². The number of rotatable bonds is 4. The molecule has 1 aliphatic heterocycles. The Labute approximate surface area is 177 Å². The van der Waals surface area contributed by atoms with Gasteiger partial charge in [-0.2, -0.15) is 0 Å². The molecular weight excluding hydrogens is 376 g/mol. The minimum atomic E-state index is 0.0408. The van der Waals surface area contributed by atoms with Gasteiger partial charge in [0.15, 0.2) is 5.82 Å². The van der Waals surface area contributed by atoms with Crippen molar-refractivity contribution in [2.24, 2.45) is 0 Å². The van der Waals surface area contributed by atoms with Gasteiger partial charge in [-0.05, 0) is 51.1 Å². The summed E-state index contributed by atoms with van der Waals surface area (Å²) >= 11 is 0. The smallest absolute Gasteiger partial charge is 0.247 e. The Hall–Kier alpha value is -3.12. The lowest BCUT2D eigenvalue weighted by molar-refractivity contribution is -0.130. The van der Waals surface area contributed by atoms with Gasteiger partial charge in [-0.15, -0.1) is 0 Å². The van der Waals surface area contributed by atoms with Crippen LogP contribution in [0.15, 0.2) is 53.1 Å². The average molecular weight is 405 g/mol. The molecule has 0 N–H and O–H groups in total. The Morgan fingerprint density at radius 2 is 1.90 bits per heavy atom. The van der Waals surface area contributed by atoms with Crippen molar-refractivity contribution in [3.8, 4) is 5.82 Å². The van der Waals surface area contributed by atoms with E-state index < -0.39 is 0 Å². The van der Waals surface area contributed by atoms with Crippen LogP contribution in [0.2, 0.25) is 0 Å². The van der Waals surface area contributed by atoms with Crippen molar-refractivity contribution in [1.29, 1.82) is 0 Å². The standard InChI is InChI=1S/C24H28N4O2/c1-17-14-21(19(3)28(17)23-15-18(2)30-25-23)10-11-24(29)27-13-12-26(4)16-22(27)20-8-6-5-7-9-20/h5-11,14-15,22H,12-13,16H2,1-4H3/b11-10+. The van der Waals surface area contributed by atoms with Crippen molar-refractivity contribution in [1.82, 2.24) is 19.5 Å². The molecule has 1 atom stereocenters. The van der Waals surface area contributed by atoms with E-state index in [2.05, 4.69) is 35.3 Å². The lowest BCUT2D eigenvalue weighted by Crippen LogP contribution is -2.48. The molecule has 6 nitrogen and oxygen atoms in total. The van der Waals surface area contributed by atoms with Crippen LogP contribution < -0.4 is 0 Å². The van der Waals surface area contributed by atoms with E-state index in [1.165, 1.54) is 5.56 Å². The van der Waals surface area contributed by atoms with Gasteiger partial charge in [0.1, 0.15) is 5.76 Å². The molecule has 0 bridgehead atoms. The molecule has 3 heterocycles. The van der Waals surface area contributed by atoms with Gasteiger partial charge in [0, 0.05) is 43.2 Å². The van der Waals surface area contributed by atoms with Gasteiger partial charge in [-0.3, -0.25) is 9.36 Å². The highest BCUT2D eigenvalue weighted by Gasteiger charge is 2.29. The van der Waals surface area contributed by atoms with Gasteiger partial charge < -0.3 is 14.3 Å². The lowest BCUT2D eigenvalue weighted by Gasteiger charge is -2.39. The van der Waals surface area contributed by atoms with E-state index in [4.69, 9.17) is 4.52 Å². The summed E-state index contributed by atoms with van der Waals surface area (Å²) in [5.41, 5.74) is 4.26. The van der Waals surface area contributed by atoms with Crippen molar-refractivity contribution >= 4 is 12.0 Å². The van der Waals surface area contributed by atoms with Crippen LogP contribution in [0.3, 0.4) is 0 Å². The quantitative estimate of drug-likeness (QED) is 0.619. The molecule has 30 heavy (non-hydrogen) atoms. The normalized spacial score (nSPS) is 17.7. The first-order valence-electron chi connectivity index (χ1n) is 10.3. The fourth-order valence-corrected chi connectivity index (χ4v) is 4.17. The second-order valence-corrected chi connectivity index (χ2v) is 8.01. The molecule has 1 saturated heterocycles. The highest BCUT2D eigenvalue weighted by molar-refractivity contribution is 5.92. The monoisotopic (exact) mass is 404 g/mol. The third-order valence-electron chi connectivity index (χ3n) is 5.77. The minimum absolute atomic E-state index is 0.0408. The molecule has 1 aromatic carbocycles. The average Bonchev–Trinajstić information content (AvgIpc) is 3.28. The van der Waals surface area contributed by atoms with Crippen LogP contribution in [0.25, 0.3) is 11.9 Å². The Bertz CT molecular complexity index is 1060. The summed E-state index contributed by atoms with van der Waals surface area (Å²) in [6.45, 7) is 8.37. The summed E-state index contributed by atoms with van der Waals surface area (Å²) in [5, 5.41) is 4.12. The Balaban J connectivity index is 1.57. The number of carbonyl (C=O) groups excluding carboxylic acids is 1. The minimum Gasteiger partial charge on any atom is -0.360 e. The van der Waals surface area contributed by atoms with Crippen LogP contribution >= 0.6 is 0 Å². The van der Waals surface area contributed by atoms with E-state index in [9.17, 15) is 4.79 Å². The number of likely N-dealkylation sites (N-methyl/N-ethyl adjacent to an activating group) is 1. The first-order valence-corrected chi connectivity index (χ1v) is 10.3. The molecule has 1 unspecified atom stereocenters. The number of nitrogens with zero attached hydrogens (tertiary/aromatic N) is 4. The van der Waals surface area contributed by atoms with Crippen LogP contribution in [0.5, 0.6) is 0 Å². The molecule has 1 aliphatic rings. The number of benzene rings is 1. The van der Waals surface area contributed by atoms with Gasteiger partial charge in [0.25, 0.3) is 0 Å². The topological polar surface area (TPSA) is 54.5 Å². The second kappa shape index (κ2) is 8.32. The van der Waals surface area contributed by atoms with Crippen molar-refractivity contribution < 1.29 is 9.32 Å². The molecule has 1 fully saturated rings. The molecule has 0 radical (unpaired) electrons. The third-order valence-corrected chi connectivity index (χ3v) is 5.77. The maximum atomic E-state index is 13.1. The van der Waals surface area contributed by atoms with Crippen LogP contribution in [0.1, 0.15) is 34.3 Å². The highest BCUT2D eigenvalue weighted by atomic mass is 16.5. The summed E-state index contributed by atoms with van der Waals surface area (Å²) in [7, 11) is 2.11. The molecule has 0 spiro atoms. The van der Waals surface area contributed by atoms with Gasteiger partial charge in [-0.25, -0.2) is 0 Å². The highest BCUT2D eigenvalue weighted by Crippen LogP contribution is 2.26. The zero-order valence-electron chi connectivity index (χ0n) is 18.0. The molecule has 156 valence electrons. The van der Waals surface area contributed by atoms with Gasteiger partial charge >= 0.3 is 0 Å². The zero-order valence-corrected chi connectivity index (χ0v) is 18.0. The van der Waals surface area contributed by atoms with E-state index in [1.807, 2.05) is 60.6 Å². The largest absolute Gasteiger partial charge is 0.360 e. The SMILES string of the molecule is Cc1cc(-n2c(C)cc(/C=C/C(=O)N3CCN(C)CC3c3ccccc3)c2C)no1. The van der Waals surface area contributed by atoms with Gasteiger partial charge in [0.2, 0.25) is 5.91 Å². The number of aryl methyl sites for hydroxylation is 2. The molecule has 6 heteroatoms. The number of hydrogen-bond donors (Lipinski definition) is 0. The Kier molecular flexibility index (Phi) is 5.59. The molecule has 0 saturated carbocycles. The summed E-state index contributed by atoms with van der Waals surface area (Å²) in [4.78, 5) is 17.4. The zero-order chi connectivity index (χ0) is 21.3. The van der Waals surface area contributed by atoms with Crippen molar-refractivity contribution in [3.63, 3.8) is 0 Å². The van der Waals surface area contributed by atoms with E-state index in [0.29, 0.717) is 0 Å². The maximum Gasteiger partial charge on any atom is 0.247 e. The fraction of sp³-hybridized carbons (Fsp3) is 0.333. The van der Waals surface area contributed by atoms with Crippen LogP contribution in [-0.4, -0.2) is 52.1 Å². The van der Waals surface area contributed by atoms with E-state index in [0.717, 1.165) is 48.2 Å². The number of hydrogen-bond acceptors (Lipinski definition) is 4. The van der Waals surface area contributed by atoms with E-state index in [1.54, 1.807) is 6.08 Å². The van der Waals surface area contributed by atoms with Crippen LogP contribution in [0.4, 0.5) is 0 Å². The summed E-state index contributed by atoms with van der Waals surface area (Å²) in [5.74, 6) is 1.57. The van der Waals surface area contributed by atoms with Crippen molar-refractivity contribution in [2.45, 2.75) is 26.8 Å². The molecule has 3 aromatic rings. The summed E-state index contributed by atoms with van der Waals surface area (Å²) in [6.07, 6.45) is 3.61. The van der Waals surface area contributed by atoms with Crippen LogP contribution in [0, 0.1) is 20.8 Å². The first-order chi connectivity index (χ1) is 14.4. The predicted octanol–water partition coefficient (Wildman–Crippen LogP) is 3.92. The maximum absolute atomic E-state index is 13.1. The number of amides is 1. The van der Waals surface area contributed by atoms with E-state index >= 15 is 0 Å². The van der Waals surface area contributed by atoms with Gasteiger partial charge in [0.05, 0.1) is 6.04 Å². The molecule has 4 rings (SSSR count). The van der Waals surface area contributed by atoms with Crippen molar-refractivity contribution in [3.05, 3.63) is 76.8 Å². The molecule has 1 amide bonds. The predicted molar refractivity (Wildman–Crippen MR) is 117 cm³/mol. The molecular formula is C24H28N4O2.